The Bertz CT molecular complexity index is 663. The molecule has 0 saturated heterocycles. The summed E-state index contributed by atoms with van der Waals surface area (Å²) in [5, 5.41) is 12.6. The first kappa shape index (κ1) is 36.6. The smallest absolute Gasteiger partial charge is 0.0764 e. The molecule has 4 rings (SSSR count). The average molecular weight is 573 g/mol. The van der Waals surface area contributed by atoms with Gasteiger partial charge < -0.3 is 16.2 Å². The standard InChI is InChI=1S/C25H45N.C6H15NO.C2H6.H2S2/c1-23-15-7-5-9-19(23)11-12-22-21(23)14-17-24(2)20(10-6-8-18-26-4)13-16-25(22,24)3;1-5(2,7)6(3,4)8;2*1-2/h19-22,26H,5-18H2,1-4H3;8H,7H2,1-4H3;1-2H3;1-2H/t19?,20?,21?,22?,23?,24-,25?;;;/m1.../s1. The van der Waals surface area contributed by atoms with Gasteiger partial charge in [0.1, 0.15) is 0 Å². The normalized spacial score (nSPS) is 38.1. The molecule has 7 atom stereocenters. The van der Waals surface area contributed by atoms with Crippen molar-refractivity contribution in [1.29, 1.82) is 0 Å². The first-order valence-electron chi connectivity index (χ1n) is 16.1. The van der Waals surface area contributed by atoms with Gasteiger partial charge in [-0.05, 0) is 145 Å². The Morgan fingerprint density at radius 1 is 0.816 bits per heavy atom. The monoisotopic (exact) mass is 572 g/mol. The summed E-state index contributed by atoms with van der Waals surface area (Å²) >= 11 is 6.44. The Kier molecular flexibility index (Phi) is 14.6. The lowest BCUT2D eigenvalue weighted by atomic mass is 9.40. The predicted octanol–water partition coefficient (Wildman–Crippen LogP) is 9.10. The number of aliphatic hydroxyl groups is 1. The number of hydrogen-bond donors (Lipinski definition) is 5. The third-order valence-electron chi connectivity index (χ3n) is 12.4. The molecule has 0 aromatic rings. The molecule has 4 fully saturated rings. The number of nitrogens with two attached hydrogens (primary N) is 1. The van der Waals surface area contributed by atoms with Crippen molar-refractivity contribution < 1.29 is 5.11 Å². The van der Waals surface area contributed by atoms with E-state index in [1.54, 1.807) is 59.8 Å². The summed E-state index contributed by atoms with van der Waals surface area (Å²) in [6, 6.07) is 0. The SMILES string of the molecule is CC.CC(C)(N)C(C)(C)O.CNCCCCC1CCC2(C)C3CCC4CCCCC4(C)C3CC[C@]12C.SS. The van der Waals surface area contributed by atoms with E-state index in [0.29, 0.717) is 16.2 Å². The molecule has 0 radical (unpaired) electrons. The van der Waals surface area contributed by atoms with Gasteiger partial charge in [-0.3, -0.25) is 0 Å². The maximum atomic E-state index is 9.23. The van der Waals surface area contributed by atoms with Crippen LogP contribution in [0.3, 0.4) is 0 Å². The van der Waals surface area contributed by atoms with E-state index in [-0.39, 0.29) is 0 Å². The molecular formula is C33H68N2OS2. The van der Waals surface area contributed by atoms with Crippen LogP contribution in [0.15, 0.2) is 0 Å². The van der Waals surface area contributed by atoms with Gasteiger partial charge in [-0.25, -0.2) is 0 Å². The van der Waals surface area contributed by atoms with E-state index in [4.69, 9.17) is 5.73 Å². The maximum absolute atomic E-state index is 9.23. The Morgan fingerprint density at radius 2 is 1.39 bits per heavy atom. The molecule has 0 heterocycles. The van der Waals surface area contributed by atoms with Crippen LogP contribution in [-0.2, 0) is 0 Å². The zero-order valence-electron chi connectivity index (χ0n) is 27.1. The molecule has 0 spiro atoms. The van der Waals surface area contributed by atoms with Gasteiger partial charge in [-0.2, -0.15) is 0 Å². The quantitative estimate of drug-likeness (QED) is 0.125. The number of rotatable bonds is 6. The summed E-state index contributed by atoms with van der Waals surface area (Å²) in [5.41, 5.74) is 6.23. The van der Waals surface area contributed by atoms with Crippen molar-refractivity contribution in [2.45, 2.75) is 157 Å². The highest BCUT2D eigenvalue weighted by Gasteiger charge is 2.64. The fourth-order valence-corrected chi connectivity index (χ4v) is 8.98. The minimum absolute atomic E-state index is 0.507. The van der Waals surface area contributed by atoms with Gasteiger partial charge in [0.2, 0.25) is 0 Å². The molecule has 38 heavy (non-hydrogen) atoms. The molecule has 228 valence electrons. The number of fused-ring (bicyclic) bond motifs is 5. The van der Waals surface area contributed by atoms with Crippen LogP contribution < -0.4 is 11.1 Å². The summed E-state index contributed by atoms with van der Waals surface area (Å²) in [5.74, 6) is 4.14. The van der Waals surface area contributed by atoms with E-state index < -0.39 is 11.1 Å². The first-order valence-corrected chi connectivity index (χ1v) is 17.7. The van der Waals surface area contributed by atoms with Crippen LogP contribution in [0.25, 0.3) is 0 Å². The fraction of sp³-hybridized carbons (Fsp3) is 1.00. The molecule has 3 nitrogen and oxygen atoms in total. The number of unbranched alkanes of at least 4 members (excludes halogenated alkanes) is 1. The maximum Gasteiger partial charge on any atom is 0.0764 e. The zero-order valence-corrected chi connectivity index (χ0v) is 28.9. The number of thiol groups is 2. The second-order valence-electron chi connectivity index (χ2n) is 14.7. The van der Waals surface area contributed by atoms with Crippen molar-refractivity contribution in [3.05, 3.63) is 0 Å². The number of hydrogen-bond acceptors (Lipinski definition) is 5. The zero-order chi connectivity index (χ0) is 29.4. The molecule has 4 aliphatic carbocycles. The third-order valence-corrected chi connectivity index (χ3v) is 12.4. The molecule has 0 amide bonds. The van der Waals surface area contributed by atoms with Gasteiger partial charge in [-0.1, -0.05) is 53.9 Å². The highest BCUT2D eigenvalue weighted by Crippen LogP contribution is 2.73. The topological polar surface area (TPSA) is 58.3 Å². The predicted molar refractivity (Wildman–Crippen MR) is 176 cm³/mol. The van der Waals surface area contributed by atoms with Gasteiger partial charge in [0.15, 0.2) is 0 Å². The van der Waals surface area contributed by atoms with Gasteiger partial charge >= 0.3 is 0 Å². The largest absolute Gasteiger partial charge is 0.389 e. The molecule has 0 aromatic carbocycles. The van der Waals surface area contributed by atoms with Gasteiger partial charge in [0.05, 0.1) is 5.60 Å². The second-order valence-corrected chi connectivity index (χ2v) is 14.7. The van der Waals surface area contributed by atoms with Gasteiger partial charge in [0.25, 0.3) is 0 Å². The molecule has 4 aliphatic rings. The first-order chi connectivity index (χ1) is 17.7. The lowest BCUT2D eigenvalue weighted by Gasteiger charge is -2.64. The van der Waals surface area contributed by atoms with E-state index >= 15 is 0 Å². The van der Waals surface area contributed by atoms with Gasteiger partial charge in [-0.15, -0.1) is 23.3 Å². The second kappa shape index (κ2) is 15.2. The van der Waals surface area contributed by atoms with Crippen molar-refractivity contribution >= 4 is 23.3 Å². The summed E-state index contributed by atoms with van der Waals surface area (Å²) < 4.78 is 0. The Hall–Kier alpha value is 0.580. The van der Waals surface area contributed by atoms with Crippen LogP contribution in [0.2, 0.25) is 0 Å². The molecule has 0 aliphatic heterocycles. The van der Waals surface area contributed by atoms with E-state index in [0.717, 1.165) is 23.7 Å². The highest BCUT2D eigenvalue weighted by atomic mass is 33.1. The van der Waals surface area contributed by atoms with Crippen LogP contribution >= 0.6 is 23.3 Å². The average Bonchev–Trinajstić information content (AvgIpc) is 3.14. The summed E-state index contributed by atoms with van der Waals surface area (Å²) in [6.07, 6.45) is 19.7. The molecule has 0 aromatic heterocycles. The van der Waals surface area contributed by atoms with Crippen molar-refractivity contribution in [2.24, 2.45) is 45.7 Å². The van der Waals surface area contributed by atoms with Crippen LogP contribution in [-0.4, -0.2) is 29.8 Å². The molecule has 4 N–H and O–H groups in total. The Labute approximate surface area is 249 Å². The van der Waals surface area contributed by atoms with Crippen LogP contribution in [0.4, 0.5) is 0 Å². The van der Waals surface area contributed by atoms with Crippen molar-refractivity contribution in [3.8, 4) is 0 Å². The van der Waals surface area contributed by atoms with E-state index in [1.807, 2.05) is 13.8 Å². The van der Waals surface area contributed by atoms with Crippen LogP contribution in [0.5, 0.6) is 0 Å². The van der Waals surface area contributed by atoms with Crippen molar-refractivity contribution in [2.75, 3.05) is 13.6 Å². The minimum atomic E-state index is -0.785. The van der Waals surface area contributed by atoms with E-state index in [9.17, 15) is 5.11 Å². The summed E-state index contributed by atoms with van der Waals surface area (Å²) in [7, 11) is 2.09. The lowest BCUT2D eigenvalue weighted by molar-refractivity contribution is -0.153. The lowest BCUT2D eigenvalue weighted by Crippen LogP contribution is -2.57. The van der Waals surface area contributed by atoms with Crippen LogP contribution in [0.1, 0.15) is 146 Å². The summed E-state index contributed by atoms with van der Waals surface area (Å²) in [6.45, 7) is 20.4. The molecule has 6 unspecified atom stereocenters. The highest BCUT2D eigenvalue weighted by molar-refractivity contribution is 8.59. The molecular weight excluding hydrogens is 505 g/mol. The Balaban J connectivity index is 0.000000514. The van der Waals surface area contributed by atoms with Crippen molar-refractivity contribution in [3.63, 3.8) is 0 Å². The van der Waals surface area contributed by atoms with Gasteiger partial charge in [0, 0.05) is 5.54 Å². The fourth-order valence-electron chi connectivity index (χ4n) is 8.98. The number of nitrogens with one attached hydrogen (secondary N) is 1. The third kappa shape index (κ3) is 7.69. The summed E-state index contributed by atoms with van der Waals surface area (Å²) in [4.78, 5) is 0. The van der Waals surface area contributed by atoms with Crippen molar-refractivity contribution in [1.82, 2.24) is 5.32 Å². The van der Waals surface area contributed by atoms with Crippen LogP contribution in [0, 0.1) is 39.9 Å². The van der Waals surface area contributed by atoms with E-state index in [2.05, 4.69) is 56.5 Å². The molecule has 5 heteroatoms. The molecule has 0 bridgehead atoms. The minimum Gasteiger partial charge on any atom is -0.389 e. The van der Waals surface area contributed by atoms with E-state index in [1.165, 1.54) is 57.9 Å². The Morgan fingerprint density at radius 3 is 1.95 bits per heavy atom. The molecule has 4 saturated carbocycles.